The van der Waals surface area contributed by atoms with Crippen LogP contribution in [-0.2, 0) is 7.05 Å². The average molecular weight is 295 g/mol. The number of aromatic nitrogens is 1. The van der Waals surface area contributed by atoms with E-state index < -0.39 is 0 Å². The van der Waals surface area contributed by atoms with Crippen molar-refractivity contribution < 1.29 is 9.18 Å². The number of nitrogens with one attached hydrogen (secondary N) is 1. The second-order valence-electron chi connectivity index (χ2n) is 4.89. The molecule has 0 atom stereocenters. The van der Waals surface area contributed by atoms with Crippen LogP contribution >= 0.6 is 0 Å². The Kier molecular flexibility index (Phi) is 3.70. The number of hydrogen-bond acceptors (Lipinski definition) is 2. The zero-order valence-corrected chi connectivity index (χ0v) is 12.0. The van der Waals surface area contributed by atoms with Gasteiger partial charge in [0.2, 0.25) is 0 Å². The summed E-state index contributed by atoms with van der Waals surface area (Å²) < 4.78 is 15.3. The van der Waals surface area contributed by atoms with Crippen LogP contribution in [0, 0.1) is 5.82 Å². The molecule has 1 amide bonds. The summed E-state index contributed by atoms with van der Waals surface area (Å²) in [6, 6.07) is 13.8. The van der Waals surface area contributed by atoms with Gasteiger partial charge < -0.3 is 4.57 Å². The molecule has 1 N–H and O–H groups in total. The summed E-state index contributed by atoms with van der Waals surface area (Å²) in [6.45, 7) is 0. The fourth-order valence-corrected chi connectivity index (χ4v) is 2.32. The van der Waals surface area contributed by atoms with Crippen molar-refractivity contribution >= 4 is 23.0 Å². The van der Waals surface area contributed by atoms with Crippen LogP contribution in [0.5, 0.6) is 0 Å². The second-order valence-corrected chi connectivity index (χ2v) is 4.89. The number of para-hydroxylation sites is 1. The molecule has 0 spiro atoms. The number of nitrogens with zero attached hydrogens (tertiary/aromatic N) is 2. The van der Waals surface area contributed by atoms with E-state index in [1.54, 1.807) is 24.4 Å². The Bertz CT molecular complexity index is 867. The fraction of sp³-hybridized carbons (Fsp3) is 0.0588. The van der Waals surface area contributed by atoms with Crippen molar-refractivity contribution in [1.29, 1.82) is 0 Å². The molecule has 2 aromatic carbocycles. The Labute approximate surface area is 126 Å². The molecule has 22 heavy (non-hydrogen) atoms. The molecule has 0 saturated carbocycles. The van der Waals surface area contributed by atoms with Gasteiger partial charge in [-0.05, 0) is 12.1 Å². The number of halogens is 1. The normalized spacial score (nSPS) is 11.2. The van der Waals surface area contributed by atoms with Gasteiger partial charge in [0.05, 0.1) is 11.8 Å². The highest BCUT2D eigenvalue weighted by Crippen LogP contribution is 2.19. The van der Waals surface area contributed by atoms with E-state index in [1.165, 1.54) is 12.3 Å². The van der Waals surface area contributed by atoms with Crippen LogP contribution in [0.25, 0.3) is 10.9 Å². The maximum Gasteiger partial charge on any atom is 0.273 e. The molecule has 0 fully saturated rings. The summed E-state index contributed by atoms with van der Waals surface area (Å²) in [4.78, 5) is 12.2. The van der Waals surface area contributed by atoms with E-state index in [1.807, 2.05) is 35.9 Å². The van der Waals surface area contributed by atoms with Crippen molar-refractivity contribution in [3.05, 3.63) is 71.7 Å². The molecule has 0 saturated heterocycles. The maximum atomic E-state index is 13.4. The van der Waals surface area contributed by atoms with Crippen molar-refractivity contribution in [2.45, 2.75) is 0 Å². The standard InChI is InChI=1S/C17H14FN3O/c1-21-11-14(13-7-3-5-9-16(13)21)17(22)20-19-10-12-6-2-4-8-15(12)18/h2-11H,1H3,(H,20,22)/b19-10+. The summed E-state index contributed by atoms with van der Waals surface area (Å²) in [5.41, 5.74) is 4.25. The van der Waals surface area contributed by atoms with Crippen LogP contribution in [0.3, 0.4) is 0 Å². The van der Waals surface area contributed by atoms with E-state index in [-0.39, 0.29) is 11.7 Å². The molecule has 0 aliphatic heterocycles. The first-order valence-electron chi connectivity index (χ1n) is 6.79. The number of benzene rings is 2. The topological polar surface area (TPSA) is 46.4 Å². The Morgan fingerprint density at radius 2 is 1.91 bits per heavy atom. The van der Waals surface area contributed by atoms with Crippen LogP contribution < -0.4 is 5.43 Å². The van der Waals surface area contributed by atoms with Gasteiger partial charge in [-0.2, -0.15) is 5.10 Å². The zero-order valence-electron chi connectivity index (χ0n) is 12.0. The molecule has 110 valence electrons. The van der Waals surface area contributed by atoms with Gasteiger partial charge in [-0.15, -0.1) is 0 Å². The predicted molar refractivity (Wildman–Crippen MR) is 84.4 cm³/mol. The lowest BCUT2D eigenvalue weighted by atomic mass is 10.2. The molecule has 3 rings (SSSR count). The molecule has 0 bridgehead atoms. The van der Waals surface area contributed by atoms with Gasteiger partial charge in [-0.3, -0.25) is 4.79 Å². The van der Waals surface area contributed by atoms with Gasteiger partial charge in [0.15, 0.2) is 0 Å². The van der Waals surface area contributed by atoms with Gasteiger partial charge in [0.1, 0.15) is 5.82 Å². The van der Waals surface area contributed by atoms with E-state index in [9.17, 15) is 9.18 Å². The van der Waals surface area contributed by atoms with E-state index in [2.05, 4.69) is 10.5 Å². The van der Waals surface area contributed by atoms with Crippen LogP contribution in [0.1, 0.15) is 15.9 Å². The van der Waals surface area contributed by atoms with Gasteiger partial charge >= 0.3 is 0 Å². The van der Waals surface area contributed by atoms with Crippen LogP contribution in [0.15, 0.2) is 59.8 Å². The average Bonchev–Trinajstić information content (AvgIpc) is 2.87. The van der Waals surface area contributed by atoms with Gasteiger partial charge in [-0.25, -0.2) is 9.82 Å². The number of fused-ring (bicyclic) bond motifs is 1. The van der Waals surface area contributed by atoms with E-state index in [4.69, 9.17) is 0 Å². The highest BCUT2D eigenvalue weighted by atomic mass is 19.1. The Balaban J connectivity index is 1.81. The summed E-state index contributed by atoms with van der Waals surface area (Å²) in [6.07, 6.45) is 3.04. The first-order valence-corrected chi connectivity index (χ1v) is 6.79. The number of hydrazone groups is 1. The third-order valence-electron chi connectivity index (χ3n) is 3.42. The molecule has 3 aromatic rings. The molecule has 4 nitrogen and oxygen atoms in total. The third-order valence-corrected chi connectivity index (χ3v) is 3.42. The number of amides is 1. The molecule has 0 aliphatic carbocycles. The Morgan fingerprint density at radius 1 is 1.18 bits per heavy atom. The van der Waals surface area contributed by atoms with Gasteiger partial charge in [0.25, 0.3) is 5.91 Å². The molecule has 0 radical (unpaired) electrons. The monoisotopic (exact) mass is 295 g/mol. The lowest BCUT2D eigenvalue weighted by Gasteiger charge is -1.98. The number of carbonyl (C=O) groups is 1. The molecule has 1 aromatic heterocycles. The van der Waals surface area contributed by atoms with Crippen molar-refractivity contribution in [1.82, 2.24) is 9.99 Å². The molecule has 0 unspecified atom stereocenters. The highest BCUT2D eigenvalue weighted by Gasteiger charge is 2.12. The van der Waals surface area contributed by atoms with Crippen molar-refractivity contribution in [2.24, 2.45) is 12.1 Å². The molecule has 1 heterocycles. The quantitative estimate of drug-likeness (QED) is 0.586. The largest absolute Gasteiger partial charge is 0.350 e. The van der Waals surface area contributed by atoms with E-state index in [0.717, 1.165) is 10.9 Å². The number of hydrogen-bond donors (Lipinski definition) is 1. The second kappa shape index (κ2) is 5.81. The number of carbonyl (C=O) groups excluding carboxylic acids is 1. The van der Waals surface area contributed by atoms with Crippen LogP contribution in [0.4, 0.5) is 4.39 Å². The minimum Gasteiger partial charge on any atom is -0.350 e. The lowest BCUT2D eigenvalue weighted by Crippen LogP contribution is -2.17. The molecular formula is C17H14FN3O. The van der Waals surface area contributed by atoms with Crippen LogP contribution in [-0.4, -0.2) is 16.7 Å². The minimum atomic E-state index is -0.384. The highest BCUT2D eigenvalue weighted by molar-refractivity contribution is 6.07. The molecule has 0 aliphatic rings. The summed E-state index contributed by atoms with van der Waals surface area (Å²) in [5.74, 6) is -0.713. The van der Waals surface area contributed by atoms with E-state index in [0.29, 0.717) is 11.1 Å². The van der Waals surface area contributed by atoms with Gasteiger partial charge in [0, 0.05) is 29.7 Å². The predicted octanol–water partition coefficient (Wildman–Crippen LogP) is 3.08. The summed E-state index contributed by atoms with van der Waals surface area (Å²) in [7, 11) is 1.88. The smallest absolute Gasteiger partial charge is 0.273 e. The fourth-order valence-electron chi connectivity index (χ4n) is 2.32. The third kappa shape index (κ3) is 2.61. The maximum absolute atomic E-state index is 13.4. The Morgan fingerprint density at radius 3 is 2.73 bits per heavy atom. The summed E-state index contributed by atoms with van der Waals surface area (Å²) in [5, 5.41) is 4.67. The SMILES string of the molecule is Cn1cc(C(=O)N/N=C/c2ccccc2F)c2ccccc21. The number of aryl methyl sites for hydroxylation is 1. The first-order chi connectivity index (χ1) is 10.7. The van der Waals surface area contributed by atoms with Crippen molar-refractivity contribution in [2.75, 3.05) is 0 Å². The number of rotatable bonds is 3. The lowest BCUT2D eigenvalue weighted by molar-refractivity contribution is 0.0956. The Hall–Kier alpha value is -2.95. The molecule has 5 heteroatoms. The van der Waals surface area contributed by atoms with Crippen molar-refractivity contribution in [3.63, 3.8) is 0 Å². The summed E-state index contributed by atoms with van der Waals surface area (Å²) >= 11 is 0. The van der Waals surface area contributed by atoms with Crippen LogP contribution in [0.2, 0.25) is 0 Å². The van der Waals surface area contributed by atoms with Gasteiger partial charge in [-0.1, -0.05) is 36.4 Å². The minimum absolute atomic E-state index is 0.320. The van der Waals surface area contributed by atoms with E-state index >= 15 is 0 Å². The van der Waals surface area contributed by atoms with Crippen molar-refractivity contribution in [3.8, 4) is 0 Å². The first kappa shape index (κ1) is 14.0. The molecular weight excluding hydrogens is 281 g/mol. The zero-order chi connectivity index (χ0) is 15.5.